The van der Waals surface area contributed by atoms with E-state index in [1.807, 2.05) is 0 Å². The van der Waals surface area contributed by atoms with Crippen molar-refractivity contribution in [2.45, 2.75) is 5.12 Å². The average Bonchev–Trinajstić information content (AvgIpc) is 2.14. The van der Waals surface area contributed by atoms with Crippen LogP contribution in [0, 0.1) is 30.3 Å². The van der Waals surface area contributed by atoms with Crippen LogP contribution in [0.1, 0.15) is 0 Å². The minimum atomic E-state index is -3.37. The molecule has 0 saturated heterocycles. The summed E-state index contributed by atoms with van der Waals surface area (Å²) in [5, 5.41) is 34.4. The smallest absolute Gasteiger partial charge is 0.480 e. The number of aliphatic carboxylic acids is 1. The van der Waals surface area contributed by atoms with E-state index < -0.39 is 39.1 Å². The van der Waals surface area contributed by atoms with Crippen LogP contribution in [0.2, 0.25) is 0 Å². The zero-order valence-corrected chi connectivity index (χ0v) is 8.64. The van der Waals surface area contributed by atoms with Gasteiger partial charge < -0.3 is 5.11 Å². The first-order chi connectivity index (χ1) is 7.61. The van der Waals surface area contributed by atoms with Gasteiger partial charge in [-0.05, 0) is 0 Å². The molecular weight excluding hydrogens is 268 g/mol. The Morgan fingerprint density at radius 2 is 1.65 bits per heavy atom. The van der Waals surface area contributed by atoms with E-state index in [4.69, 9.17) is 16.7 Å². The Labute approximate surface area is 96.8 Å². The second-order valence-electron chi connectivity index (χ2n) is 2.69. The van der Waals surface area contributed by atoms with Gasteiger partial charge in [0.05, 0.1) is 11.6 Å². The number of carbonyl (C=O) groups is 1. The van der Waals surface area contributed by atoms with Crippen LogP contribution >= 0.6 is 11.6 Å². The first-order valence-corrected chi connectivity index (χ1v) is 4.08. The number of nitrogens with zero attached hydrogens (tertiary/aromatic N) is 4. The molecule has 0 radical (unpaired) electrons. The summed E-state index contributed by atoms with van der Waals surface area (Å²) in [6.07, 6.45) is 0. The molecule has 0 bridgehead atoms. The second kappa shape index (κ2) is 5.20. The van der Waals surface area contributed by atoms with Gasteiger partial charge in [-0.1, -0.05) is 0 Å². The highest BCUT2D eigenvalue weighted by Crippen LogP contribution is 2.18. The van der Waals surface area contributed by atoms with Gasteiger partial charge in [-0.2, -0.15) is 0 Å². The summed E-state index contributed by atoms with van der Waals surface area (Å²) in [5.41, 5.74) is 0. The standard InChI is InChI=1S/C4H5ClN4O8/c5-4(7(12)13,8(14)15)2-6(9(16)17)1-3(10)11/h1-2H2,(H,10,11). The molecule has 0 amide bonds. The van der Waals surface area contributed by atoms with Gasteiger partial charge in [-0.3, -0.25) is 25.0 Å². The van der Waals surface area contributed by atoms with Gasteiger partial charge in [0.25, 0.3) is 0 Å². The van der Waals surface area contributed by atoms with Crippen molar-refractivity contribution in [3.05, 3.63) is 30.3 Å². The molecule has 0 fully saturated rings. The number of hydrogen-bond acceptors (Lipinski definition) is 7. The molecule has 0 unspecified atom stereocenters. The molecule has 0 spiro atoms. The first kappa shape index (κ1) is 14.8. The molecule has 17 heavy (non-hydrogen) atoms. The fourth-order valence-corrected chi connectivity index (χ4v) is 0.880. The van der Waals surface area contributed by atoms with Crippen LogP contribution in [-0.2, 0) is 4.79 Å². The number of halogens is 1. The third kappa shape index (κ3) is 3.67. The van der Waals surface area contributed by atoms with Crippen molar-refractivity contribution in [2.75, 3.05) is 13.1 Å². The molecule has 13 heteroatoms. The minimum absolute atomic E-state index is 0.235. The van der Waals surface area contributed by atoms with E-state index in [1.165, 1.54) is 0 Å². The van der Waals surface area contributed by atoms with Crippen LogP contribution in [-0.4, -0.2) is 49.2 Å². The number of nitro groups is 3. The molecule has 0 aliphatic carbocycles. The van der Waals surface area contributed by atoms with E-state index in [0.717, 1.165) is 0 Å². The molecule has 12 nitrogen and oxygen atoms in total. The fraction of sp³-hybridized carbons (Fsp3) is 0.750. The molecule has 0 aromatic heterocycles. The summed E-state index contributed by atoms with van der Waals surface area (Å²) in [6.45, 7) is -2.75. The van der Waals surface area contributed by atoms with Gasteiger partial charge >= 0.3 is 11.1 Å². The Morgan fingerprint density at radius 3 is 1.88 bits per heavy atom. The lowest BCUT2D eigenvalue weighted by atomic mass is 10.4. The number of alkyl halides is 1. The molecular formula is C4H5ClN4O8. The van der Waals surface area contributed by atoms with Crippen molar-refractivity contribution < 1.29 is 24.8 Å². The third-order valence-corrected chi connectivity index (χ3v) is 1.89. The lowest BCUT2D eigenvalue weighted by molar-refractivity contribution is -0.781. The average molecular weight is 273 g/mol. The molecule has 0 heterocycles. The summed E-state index contributed by atoms with van der Waals surface area (Å²) in [6, 6.07) is 0. The molecule has 96 valence electrons. The van der Waals surface area contributed by atoms with Crippen molar-refractivity contribution in [3.63, 3.8) is 0 Å². The maximum atomic E-state index is 10.3. The topological polar surface area (TPSA) is 170 Å². The van der Waals surface area contributed by atoms with Crippen molar-refractivity contribution in [3.8, 4) is 0 Å². The first-order valence-electron chi connectivity index (χ1n) is 3.70. The number of hydrogen-bond donors (Lipinski definition) is 1. The predicted octanol–water partition coefficient (Wildman–Crippen LogP) is -0.989. The normalized spacial score (nSPS) is 10.6. The van der Waals surface area contributed by atoms with Gasteiger partial charge in [0.1, 0.15) is 9.85 Å². The van der Waals surface area contributed by atoms with Crippen LogP contribution in [0.3, 0.4) is 0 Å². The largest absolute Gasteiger partial charge is 0.559 e. The molecule has 0 aliphatic heterocycles. The van der Waals surface area contributed by atoms with Crippen molar-refractivity contribution in [2.24, 2.45) is 0 Å². The number of rotatable bonds is 7. The minimum Gasteiger partial charge on any atom is -0.480 e. The number of carboxylic acid groups (broad SMARTS) is 1. The maximum Gasteiger partial charge on any atom is 0.559 e. The van der Waals surface area contributed by atoms with E-state index in [1.54, 1.807) is 0 Å². The zero-order valence-electron chi connectivity index (χ0n) is 7.89. The van der Waals surface area contributed by atoms with Gasteiger partial charge in [-0.25, -0.2) is 10.1 Å². The zero-order chi connectivity index (χ0) is 13.8. The van der Waals surface area contributed by atoms with Crippen LogP contribution in [0.4, 0.5) is 0 Å². The second-order valence-corrected chi connectivity index (χ2v) is 3.29. The van der Waals surface area contributed by atoms with Crippen LogP contribution in [0.5, 0.6) is 0 Å². The highest BCUT2D eigenvalue weighted by atomic mass is 35.5. The molecule has 0 aromatic carbocycles. The van der Waals surface area contributed by atoms with Crippen molar-refractivity contribution >= 4 is 17.6 Å². The maximum absolute atomic E-state index is 10.3. The number of hydrazine groups is 1. The third-order valence-electron chi connectivity index (χ3n) is 1.49. The van der Waals surface area contributed by atoms with E-state index in [9.17, 15) is 35.1 Å². The van der Waals surface area contributed by atoms with Crippen LogP contribution in [0.15, 0.2) is 0 Å². The molecule has 0 aliphatic rings. The number of carboxylic acids is 1. The summed E-state index contributed by atoms with van der Waals surface area (Å²) in [7, 11) is 0. The lowest BCUT2D eigenvalue weighted by Gasteiger charge is -2.14. The van der Waals surface area contributed by atoms with E-state index in [-0.39, 0.29) is 5.01 Å². The highest BCUT2D eigenvalue weighted by Gasteiger charge is 2.58. The van der Waals surface area contributed by atoms with E-state index in [2.05, 4.69) is 0 Å². The van der Waals surface area contributed by atoms with E-state index in [0.29, 0.717) is 0 Å². The lowest BCUT2D eigenvalue weighted by Crippen LogP contribution is -2.52. The molecule has 0 aromatic rings. The molecule has 0 saturated carbocycles. The van der Waals surface area contributed by atoms with Gasteiger partial charge in [0.15, 0.2) is 11.6 Å². The Bertz CT molecular complexity index is 357. The van der Waals surface area contributed by atoms with Crippen molar-refractivity contribution in [1.82, 2.24) is 5.01 Å². The summed E-state index contributed by atoms with van der Waals surface area (Å²) in [4.78, 5) is 38.1. The highest BCUT2D eigenvalue weighted by molar-refractivity contribution is 6.21. The quantitative estimate of drug-likeness (QED) is 0.201. The Kier molecular flexibility index (Phi) is 4.51. The molecule has 0 rings (SSSR count). The monoisotopic (exact) mass is 272 g/mol. The Morgan fingerprint density at radius 1 is 1.24 bits per heavy atom. The predicted molar refractivity (Wildman–Crippen MR) is 48.8 cm³/mol. The summed E-state index contributed by atoms with van der Waals surface area (Å²) in [5.74, 6) is -1.69. The Balaban J connectivity index is 5.07. The van der Waals surface area contributed by atoms with Crippen molar-refractivity contribution in [1.29, 1.82) is 0 Å². The van der Waals surface area contributed by atoms with Crippen LogP contribution in [0.25, 0.3) is 0 Å². The summed E-state index contributed by atoms with van der Waals surface area (Å²) >= 11 is 4.99. The fourth-order valence-electron chi connectivity index (χ4n) is 0.742. The van der Waals surface area contributed by atoms with Gasteiger partial charge in [-0.15, -0.1) is 5.01 Å². The Hall–Kier alpha value is -2.24. The molecule has 1 N–H and O–H groups in total. The van der Waals surface area contributed by atoms with E-state index >= 15 is 0 Å². The summed E-state index contributed by atoms with van der Waals surface area (Å²) < 4.78 is 0. The van der Waals surface area contributed by atoms with Crippen LogP contribution < -0.4 is 0 Å². The SMILES string of the molecule is O=C(O)CN(CC(Cl)([N+](=O)[O-])[N+](=O)[O-])[N+](=O)[O-]. The molecule has 0 atom stereocenters. The van der Waals surface area contributed by atoms with Gasteiger partial charge in [0, 0.05) is 0 Å². The van der Waals surface area contributed by atoms with Gasteiger partial charge in [0.2, 0.25) is 6.54 Å².